The van der Waals surface area contributed by atoms with Gasteiger partial charge in [0.1, 0.15) is 28.8 Å². The van der Waals surface area contributed by atoms with Gasteiger partial charge >= 0.3 is 0 Å². The molecule has 3 rings (SSSR count). The number of hydrogen-bond donors (Lipinski definition) is 1. The highest BCUT2D eigenvalue weighted by atomic mass is 19.1. The van der Waals surface area contributed by atoms with Gasteiger partial charge in [-0.3, -0.25) is 9.48 Å². The number of benzene rings is 1. The van der Waals surface area contributed by atoms with Crippen LogP contribution < -0.4 is 25.5 Å². The largest absolute Gasteiger partial charge is 0.497 e. The monoisotopic (exact) mass is 392 g/mol. The van der Waals surface area contributed by atoms with E-state index in [0.717, 1.165) is 16.8 Å². The Hall–Kier alpha value is -3.56. The van der Waals surface area contributed by atoms with E-state index in [0.29, 0.717) is 5.75 Å². The van der Waals surface area contributed by atoms with Crippen molar-refractivity contribution in [1.82, 2.24) is 14.3 Å². The lowest BCUT2D eigenvalue weighted by molar-refractivity contribution is 0.380. The molecule has 0 spiro atoms. The Morgan fingerprint density at radius 1 is 0.964 bits per heavy atom. The van der Waals surface area contributed by atoms with Crippen molar-refractivity contribution in [1.29, 1.82) is 0 Å². The van der Waals surface area contributed by atoms with Gasteiger partial charge < -0.3 is 19.9 Å². The topological polar surface area (TPSA) is 93.5 Å². The molecule has 0 unspecified atom stereocenters. The van der Waals surface area contributed by atoms with Crippen molar-refractivity contribution in [3.8, 4) is 34.5 Å². The van der Waals surface area contributed by atoms with Gasteiger partial charge in [0.25, 0.3) is 5.56 Å². The van der Waals surface area contributed by atoms with Crippen molar-refractivity contribution in [2.24, 2.45) is 7.05 Å². The SMILES string of the molecule is COc1cc(OC)nc(-n2c(=O)c(N)c(-c3c(F)cc(OC)cc3F)n2C)c1. The number of rotatable bonds is 5. The summed E-state index contributed by atoms with van der Waals surface area (Å²) >= 11 is 0. The van der Waals surface area contributed by atoms with Crippen LogP contribution in [0.2, 0.25) is 0 Å². The summed E-state index contributed by atoms with van der Waals surface area (Å²) in [5.74, 6) is -1.18. The summed E-state index contributed by atoms with van der Waals surface area (Å²) in [7, 11) is 5.57. The summed E-state index contributed by atoms with van der Waals surface area (Å²) in [5, 5.41) is 0. The van der Waals surface area contributed by atoms with Crippen LogP contribution in [-0.4, -0.2) is 35.7 Å². The van der Waals surface area contributed by atoms with E-state index in [4.69, 9.17) is 19.9 Å². The third-order valence-electron chi connectivity index (χ3n) is 4.21. The number of aromatic nitrogens is 3. The van der Waals surface area contributed by atoms with E-state index in [9.17, 15) is 13.6 Å². The quantitative estimate of drug-likeness (QED) is 0.715. The van der Waals surface area contributed by atoms with Crippen LogP contribution in [-0.2, 0) is 7.05 Å². The number of nitrogens with zero attached hydrogens (tertiary/aromatic N) is 3. The van der Waals surface area contributed by atoms with E-state index >= 15 is 0 Å². The Morgan fingerprint density at radius 3 is 2.07 bits per heavy atom. The highest BCUT2D eigenvalue weighted by Crippen LogP contribution is 2.33. The maximum atomic E-state index is 14.6. The lowest BCUT2D eigenvalue weighted by atomic mass is 10.1. The molecule has 0 saturated carbocycles. The second kappa shape index (κ2) is 7.22. The molecule has 0 bridgehead atoms. The summed E-state index contributed by atoms with van der Waals surface area (Å²) in [6, 6.07) is 5.00. The van der Waals surface area contributed by atoms with E-state index in [-0.39, 0.29) is 28.8 Å². The number of pyridine rings is 1. The van der Waals surface area contributed by atoms with Crippen molar-refractivity contribution in [3.63, 3.8) is 0 Å². The normalized spacial score (nSPS) is 10.8. The molecule has 28 heavy (non-hydrogen) atoms. The van der Waals surface area contributed by atoms with E-state index in [1.807, 2.05) is 0 Å². The van der Waals surface area contributed by atoms with Crippen LogP contribution in [0.15, 0.2) is 29.1 Å². The van der Waals surface area contributed by atoms with Crippen LogP contribution in [0.3, 0.4) is 0 Å². The van der Waals surface area contributed by atoms with Crippen LogP contribution in [0, 0.1) is 11.6 Å². The third kappa shape index (κ3) is 3.02. The van der Waals surface area contributed by atoms with Crippen LogP contribution in [0.5, 0.6) is 17.4 Å². The fourth-order valence-electron chi connectivity index (χ4n) is 2.87. The summed E-state index contributed by atoms with van der Waals surface area (Å²) in [6.45, 7) is 0. The predicted octanol–water partition coefficient (Wildman–Crippen LogP) is 2.12. The minimum Gasteiger partial charge on any atom is -0.497 e. The van der Waals surface area contributed by atoms with Gasteiger partial charge in [-0.05, 0) is 0 Å². The van der Waals surface area contributed by atoms with Crippen LogP contribution >= 0.6 is 0 Å². The highest BCUT2D eigenvalue weighted by Gasteiger charge is 2.25. The first-order valence-electron chi connectivity index (χ1n) is 8.03. The molecule has 2 N–H and O–H groups in total. The van der Waals surface area contributed by atoms with Gasteiger partial charge in [0.05, 0.1) is 32.6 Å². The minimum absolute atomic E-state index is 0.000882. The Labute approximate surface area is 158 Å². The Kier molecular flexibility index (Phi) is 4.95. The Bertz CT molecular complexity index is 1060. The first-order valence-corrected chi connectivity index (χ1v) is 8.03. The maximum absolute atomic E-state index is 14.6. The van der Waals surface area contributed by atoms with Gasteiger partial charge in [-0.2, -0.15) is 9.67 Å². The molecule has 2 aromatic heterocycles. The first kappa shape index (κ1) is 19.2. The number of methoxy groups -OCH3 is 3. The van der Waals surface area contributed by atoms with Crippen LogP contribution in [0.4, 0.5) is 14.5 Å². The maximum Gasteiger partial charge on any atom is 0.296 e. The molecule has 0 saturated heterocycles. The zero-order valence-electron chi connectivity index (χ0n) is 15.6. The van der Waals surface area contributed by atoms with E-state index in [1.165, 1.54) is 45.2 Å². The zero-order chi connectivity index (χ0) is 20.6. The molecule has 0 radical (unpaired) electrons. The van der Waals surface area contributed by atoms with Gasteiger partial charge in [-0.1, -0.05) is 0 Å². The average Bonchev–Trinajstić information content (AvgIpc) is 2.90. The second-order valence-electron chi connectivity index (χ2n) is 5.78. The Morgan fingerprint density at radius 2 is 1.54 bits per heavy atom. The predicted molar refractivity (Wildman–Crippen MR) is 98.2 cm³/mol. The molecule has 3 aromatic rings. The molecule has 0 fully saturated rings. The van der Waals surface area contributed by atoms with E-state index in [1.54, 1.807) is 0 Å². The summed E-state index contributed by atoms with van der Waals surface area (Å²) in [5.41, 5.74) is 4.29. The van der Waals surface area contributed by atoms with Gasteiger partial charge in [-0.25, -0.2) is 8.78 Å². The Balaban J connectivity index is 2.30. The van der Waals surface area contributed by atoms with Crippen LogP contribution in [0.25, 0.3) is 17.1 Å². The van der Waals surface area contributed by atoms with Crippen molar-refractivity contribution in [2.75, 3.05) is 27.1 Å². The van der Waals surface area contributed by atoms with Gasteiger partial charge in [-0.15, -0.1) is 0 Å². The third-order valence-corrected chi connectivity index (χ3v) is 4.21. The van der Waals surface area contributed by atoms with Crippen molar-refractivity contribution in [2.45, 2.75) is 0 Å². The van der Waals surface area contributed by atoms with Crippen LogP contribution in [0.1, 0.15) is 0 Å². The van der Waals surface area contributed by atoms with Gasteiger partial charge in [0, 0.05) is 31.3 Å². The molecule has 8 nitrogen and oxygen atoms in total. The molecule has 2 heterocycles. The zero-order valence-corrected chi connectivity index (χ0v) is 15.6. The fraction of sp³-hybridized carbons (Fsp3) is 0.222. The molecule has 0 amide bonds. The van der Waals surface area contributed by atoms with Crippen molar-refractivity contribution < 1.29 is 23.0 Å². The average molecular weight is 392 g/mol. The summed E-state index contributed by atoms with van der Waals surface area (Å²) in [4.78, 5) is 16.9. The molecule has 0 aliphatic heterocycles. The number of anilines is 1. The lowest BCUT2D eigenvalue weighted by Gasteiger charge is -2.13. The molecule has 0 aliphatic carbocycles. The smallest absolute Gasteiger partial charge is 0.296 e. The number of nitrogens with two attached hydrogens (primary N) is 1. The van der Waals surface area contributed by atoms with Gasteiger partial charge in [0.15, 0.2) is 5.82 Å². The van der Waals surface area contributed by atoms with E-state index < -0.39 is 22.8 Å². The molecule has 148 valence electrons. The number of nitrogen functional groups attached to an aromatic ring is 1. The van der Waals surface area contributed by atoms with Crippen molar-refractivity contribution in [3.05, 3.63) is 46.3 Å². The molecule has 1 aromatic carbocycles. The van der Waals surface area contributed by atoms with E-state index in [2.05, 4.69) is 4.98 Å². The summed E-state index contributed by atoms with van der Waals surface area (Å²) in [6.07, 6.45) is 0. The minimum atomic E-state index is -0.924. The first-order chi connectivity index (χ1) is 13.3. The molecule has 10 heteroatoms. The molecule has 0 aliphatic rings. The standard InChI is InChI=1S/C18H18F2N4O4/c1-23-17(15-11(19)5-9(26-2)6-12(15)20)16(21)18(25)24(23)13-7-10(27-3)8-14(22-13)28-4/h5-8H,21H2,1-4H3. The van der Waals surface area contributed by atoms with Gasteiger partial charge in [0.2, 0.25) is 5.88 Å². The number of ether oxygens (including phenoxy) is 3. The number of halogens is 2. The van der Waals surface area contributed by atoms with Crippen molar-refractivity contribution >= 4 is 5.69 Å². The molecule has 0 atom stereocenters. The second-order valence-corrected chi connectivity index (χ2v) is 5.78. The molecular weight excluding hydrogens is 374 g/mol. The molecular formula is C18H18F2N4O4. The summed E-state index contributed by atoms with van der Waals surface area (Å²) < 4.78 is 46.6. The lowest BCUT2D eigenvalue weighted by Crippen LogP contribution is -2.22. The fourth-order valence-corrected chi connectivity index (χ4v) is 2.87. The number of hydrogen-bond acceptors (Lipinski definition) is 6. The highest BCUT2D eigenvalue weighted by molar-refractivity contribution is 5.74.